The highest BCUT2D eigenvalue weighted by atomic mass is 32.2. The van der Waals surface area contributed by atoms with Gasteiger partial charge in [-0.1, -0.05) is 29.8 Å². The minimum Gasteiger partial charge on any atom is -0.494 e. The summed E-state index contributed by atoms with van der Waals surface area (Å²) in [6.45, 7) is 8.66. The molecule has 3 aromatic rings. The molecule has 3 nitrogen and oxygen atoms in total. The normalized spacial score (nSPS) is 10.6. The summed E-state index contributed by atoms with van der Waals surface area (Å²) in [4.78, 5) is 14.0. The largest absolute Gasteiger partial charge is 0.494 e. The molecule has 0 aliphatic rings. The van der Waals surface area contributed by atoms with Gasteiger partial charge < -0.3 is 10.1 Å². The van der Waals surface area contributed by atoms with Gasteiger partial charge >= 0.3 is 0 Å². The molecule has 3 rings (SSSR count). The first-order valence-corrected chi connectivity index (χ1v) is 10.8. The Morgan fingerprint density at radius 1 is 0.931 bits per heavy atom. The van der Waals surface area contributed by atoms with Gasteiger partial charge in [-0.15, -0.1) is 11.8 Å². The zero-order chi connectivity index (χ0) is 20.8. The van der Waals surface area contributed by atoms with E-state index in [0.29, 0.717) is 12.2 Å². The molecule has 0 spiro atoms. The summed E-state index contributed by atoms with van der Waals surface area (Å²) in [5, 5.41) is 3.04. The third-order valence-electron chi connectivity index (χ3n) is 4.68. The fourth-order valence-corrected chi connectivity index (χ4v) is 3.87. The number of hydrogen-bond donors (Lipinski definition) is 1. The molecule has 0 aliphatic heterocycles. The van der Waals surface area contributed by atoms with Crippen molar-refractivity contribution in [3.05, 3.63) is 88.5 Å². The van der Waals surface area contributed by atoms with E-state index in [1.165, 1.54) is 10.5 Å². The molecule has 0 fully saturated rings. The molecule has 1 amide bonds. The number of thioether (sulfide) groups is 1. The van der Waals surface area contributed by atoms with Crippen molar-refractivity contribution in [1.29, 1.82) is 0 Å². The molecule has 29 heavy (non-hydrogen) atoms. The Hall–Kier alpha value is -2.72. The van der Waals surface area contributed by atoms with E-state index < -0.39 is 0 Å². The number of benzene rings is 3. The van der Waals surface area contributed by atoms with Crippen LogP contribution >= 0.6 is 11.8 Å². The van der Waals surface area contributed by atoms with E-state index in [1.807, 2.05) is 57.2 Å². The van der Waals surface area contributed by atoms with Crippen LogP contribution < -0.4 is 10.1 Å². The summed E-state index contributed by atoms with van der Waals surface area (Å²) in [5.74, 6) is 1.46. The monoisotopic (exact) mass is 405 g/mol. The Labute approximate surface area is 177 Å². The second-order valence-electron chi connectivity index (χ2n) is 7.13. The Kier molecular flexibility index (Phi) is 6.99. The average Bonchev–Trinajstić information content (AvgIpc) is 2.71. The molecule has 0 aliphatic carbocycles. The SMILES string of the molecule is CCOc1ccc(C(=O)Nc2cc(C)ccc2C)cc1CSc1ccc(C)cc1. The maximum absolute atomic E-state index is 12.9. The lowest BCUT2D eigenvalue weighted by Crippen LogP contribution is -2.13. The summed E-state index contributed by atoms with van der Waals surface area (Å²) in [6.07, 6.45) is 0. The zero-order valence-electron chi connectivity index (χ0n) is 17.4. The highest BCUT2D eigenvalue weighted by molar-refractivity contribution is 7.98. The second-order valence-corrected chi connectivity index (χ2v) is 8.18. The van der Waals surface area contributed by atoms with Gasteiger partial charge in [0.2, 0.25) is 0 Å². The summed E-state index contributed by atoms with van der Waals surface area (Å²) >= 11 is 1.74. The molecule has 0 saturated heterocycles. The van der Waals surface area contributed by atoms with Crippen molar-refractivity contribution in [2.24, 2.45) is 0 Å². The van der Waals surface area contributed by atoms with Gasteiger partial charge in [0.05, 0.1) is 6.61 Å². The van der Waals surface area contributed by atoms with Gasteiger partial charge in [-0.2, -0.15) is 0 Å². The molecule has 3 aromatic carbocycles. The number of rotatable bonds is 7. The van der Waals surface area contributed by atoms with Crippen molar-refractivity contribution in [2.75, 3.05) is 11.9 Å². The van der Waals surface area contributed by atoms with E-state index in [4.69, 9.17) is 4.74 Å². The predicted molar refractivity (Wildman–Crippen MR) is 122 cm³/mol. The first-order valence-electron chi connectivity index (χ1n) is 9.80. The van der Waals surface area contributed by atoms with Crippen molar-refractivity contribution in [1.82, 2.24) is 0 Å². The van der Waals surface area contributed by atoms with E-state index >= 15 is 0 Å². The van der Waals surface area contributed by atoms with E-state index in [2.05, 4.69) is 36.5 Å². The van der Waals surface area contributed by atoms with Gasteiger partial charge in [-0.3, -0.25) is 4.79 Å². The lowest BCUT2D eigenvalue weighted by Gasteiger charge is -2.13. The number of carbonyl (C=O) groups is 1. The molecule has 0 radical (unpaired) electrons. The second kappa shape index (κ2) is 9.66. The minimum absolute atomic E-state index is 0.108. The number of hydrogen-bond acceptors (Lipinski definition) is 3. The number of anilines is 1. The van der Waals surface area contributed by atoms with Gasteiger partial charge in [0.15, 0.2) is 0 Å². The quantitative estimate of drug-likeness (QED) is 0.453. The molecule has 4 heteroatoms. The van der Waals surface area contributed by atoms with Gasteiger partial charge in [-0.25, -0.2) is 0 Å². The van der Waals surface area contributed by atoms with Crippen LogP contribution in [0.5, 0.6) is 5.75 Å². The standard InChI is InChI=1S/C25H27NO2S/c1-5-28-24-13-10-20(25(27)26-23-14-18(3)6-9-19(23)4)15-21(24)16-29-22-11-7-17(2)8-12-22/h6-15H,5,16H2,1-4H3,(H,26,27). The summed E-state index contributed by atoms with van der Waals surface area (Å²) in [6, 6.07) is 20.2. The molecule has 0 bridgehead atoms. The van der Waals surface area contributed by atoms with Crippen molar-refractivity contribution in [2.45, 2.75) is 38.3 Å². The van der Waals surface area contributed by atoms with E-state index in [1.54, 1.807) is 11.8 Å². The fourth-order valence-electron chi connectivity index (χ4n) is 2.99. The van der Waals surface area contributed by atoms with Crippen LogP contribution in [-0.2, 0) is 5.75 Å². The number of amides is 1. The third kappa shape index (κ3) is 5.64. The summed E-state index contributed by atoms with van der Waals surface area (Å²) < 4.78 is 5.79. The molecule has 0 aromatic heterocycles. The molecular formula is C25H27NO2S. The first-order chi connectivity index (χ1) is 14.0. The fraction of sp³-hybridized carbons (Fsp3) is 0.240. The Morgan fingerprint density at radius 2 is 1.66 bits per heavy atom. The lowest BCUT2D eigenvalue weighted by atomic mass is 10.1. The molecule has 0 unspecified atom stereocenters. The zero-order valence-corrected chi connectivity index (χ0v) is 18.2. The lowest BCUT2D eigenvalue weighted by molar-refractivity contribution is 0.102. The maximum atomic E-state index is 12.9. The third-order valence-corrected chi connectivity index (χ3v) is 5.74. The number of nitrogens with one attached hydrogen (secondary N) is 1. The maximum Gasteiger partial charge on any atom is 0.255 e. The Bertz CT molecular complexity index is 996. The number of aryl methyl sites for hydroxylation is 3. The molecule has 150 valence electrons. The van der Waals surface area contributed by atoms with E-state index in [-0.39, 0.29) is 5.91 Å². The van der Waals surface area contributed by atoms with Crippen LogP contribution in [0, 0.1) is 20.8 Å². The Balaban J connectivity index is 1.80. The van der Waals surface area contributed by atoms with Crippen LogP contribution in [0.4, 0.5) is 5.69 Å². The molecular weight excluding hydrogens is 378 g/mol. The van der Waals surface area contributed by atoms with Gasteiger partial charge in [0.1, 0.15) is 5.75 Å². The minimum atomic E-state index is -0.108. The highest BCUT2D eigenvalue weighted by Gasteiger charge is 2.12. The number of ether oxygens (including phenoxy) is 1. The van der Waals surface area contributed by atoms with Gasteiger partial charge in [-0.05, 0) is 75.2 Å². The van der Waals surface area contributed by atoms with E-state index in [0.717, 1.165) is 33.9 Å². The highest BCUT2D eigenvalue weighted by Crippen LogP contribution is 2.29. The van der Waals surface area contributed by atoms with Crippen molar-refractivity contribution < 1.29 is 9.53 Å². The predicted octanol–water partition coefficient (Wildman–Crippen LogP) is 6.56. The van der Waals surface area contributed by atoms with Crippen LogP contribution in [0.2, 0.25) is 0 Å². The van der Waals surface area contributed by atoms with Gasteiger partial charge in [0, 0.05) is 27.5 Å². The Morgan fingerprint density at radius 3 is 2.38 bits per heavy atom. The van der Waals surface area contributed by atoms with Crippen LogP contribution in [-0.4, -0.2) is 12.5 Å². The van der Waals surface area contributed by atoms with Crippen molar-refractivity contribution >= 4 is 23.4 Å². The van der Waals surface area contributed by atoms with Crippen LogP contribution in [0.15, 0.2) is 65.6 Å². The summed E-state index contributed by atoms with van der Waals surface area (Å²) in [5.41, 5.74) is 5.91. The molecule has 0 saturated carbocycles. The van der Waals surface area contributed by atoms with Crippen molar-refractivity contribution in [3.8, 4) is 5.75 Å². The molecule has 0 atom stereocenters. The van der Waals surface area contributed by atoms with Crippen LogP contribution in [0.1, 0.15) is 39.5 Å². The van der Waals surface area contributed by atoms with Gasteiger partial charge in [0.25, 0.3) is 5.91 Å². The number of carbonyl (C=O) groups excluding carboxylic acids is 1. The van der Waals surface area contributed by atoms with Crippen LogP contribution in [0.25, 0.3) is 0 Å². The topological polar surface area (TPSA) is 38.3 Å². The smallest absolute Gasteiger partial charge is 0.255 e. The molecule has 1 N–H and O–H groups in total. The summed E-state index contributed by atoms with van der Waals surface area (Å²) in [7, 11) is 0. The van der Waals surface area contributed by atoms with Crippen molar-refractivity contribution in [3.63, 3.8) is 0 Å². The average molecular weight is 406 g/mol. The van der Waals surface area contributed by atoms with E-state index in [9.17, 15) is 4.79 Å². The first kappa shape index (κ1) is 21.0. The molecule has 0 heterocycles. The van der Waals surface area contributed by atoms with Crippen LogP contribution in [0.3, 0.4) is 0 Å².